The van der Waals surface area contributed by atoms with Crippen LogP contribution >= 0.6 is 0 Å². The van der Waals surface area contributed by atoms with E-state index in [1.165, 1.54) is 0 Å². The molecule has 1 heterocycles. The highest BCUT2D eigenvalue weighted by atomic mass is 16.2. The number of nitrogens with zero attached hydrogens (tertiary/aromatic N) is 2. The molecule has 0 radical (unpaired) electrons. The van der Waals surface area contributed by atoms with Gasteiger partial charge in [0.1, 0.15) is 0 Å². The molecule has 3 rings (SSSR count). The second kappa shape index (κ2) is 7.17. The van der Waals surface area contributed by atoms with Crippen molar-refractivity contribution in [3.63, 3.8) is 0 Å². The monoisotopic (exact) mass is 322 g/mol. The average Bonchev–Trinajstić information content (AvgIpc) is 3.02. The fraction of sp³-hybridized carbons (Fsp3) is 0.263. The number of amides is 2. The molecule has 0 aliphatic carbocycles. The van der Waals surface area contributed by atoms with Crippen LogP contribution in [0.4, 0.5) is 4.79 Å². The summed E-state index contributed by atoms with van der Waals surface area (Å²) < 4.78 is 2.14. The Morgan fingerprint density at radius 3 is 2.46 bits per heavy atom. The van der Waals surface area contributed by atoms with Crippen molar-refractivity contribution in [1.82, 2.24) is 20.2 Å². The molecule has 0 spiro atoms. The number of rotatable bonds is 5. The fourth-order valence-corrected chi connectivity index (χ4v) is 2.62. The lowest BCUT2D eigenvalue weighted by Gasteiger charge is -2.09. The summed E-state index contributed by atoms with van der Waals surface area (Å²) in [6.07, 6.45) is 1.86. The van der Waals surface area contributed by atoms with E-state index < -0.39 is 0 Å². The van der Waals surface area contributed by atoms with E-state index in [9.17, 15) is 4.79 Å². The molecule has 0 saturated carbocycles. The summed E-state index contributed by atoms with van der Waals surface area (Å²) in [7, 11) is 0. The van der Waals surface area contributed by atoms with Gasteiger partial charge in [0.2, 0.25) is 0 Å². The van der Waals surface area contributed by atoms with Crippen molar-refractivity contribution in [1.29, 1.82) is 0 Å². The summed E-state index contributed by atoms with van der Waals surface area (Å²) >= 11 is 0. The first-order valence-corrected chi connectivity index (χ1v) is 8.14. The van der Waals surface area contributed by atoms with E-state index in [0.717, 1.165) is 22.2 Å². The van der Waals surface area contributed by atoms with E-state index in [0.29, 0.717) is 19.1 Å². The third kappa shape index (κ3) is 3.74. The zero-order valence-electron chi connectivity index (χ0n) is 14.0. The van der Waals surface area contributed by atoms with Gasteiger partial charge in [-0.2, -0.15) is 0 Å². The van der Waals surface area contributed by atoms with Crippen LogP contribution in [0.15, 0.2) is 54.9 Å². The van der Waals surface area contributed by atoms with E-state index in [2.05, 4.69) is 40.1 Å². The van der Waals surface area contributed by atoms with Crippen molar-refractivity contribution < 1.29 is 4.79 Å². The van der Waals surface area contributed by atoms with Crippen LogP contribution in [0.3, 0.4) is 0 Å². The molecule has 0 atom stereocenters. The van der Waals surface area contributed by atoms with E-state index in [1.54, 1.807) is 0 Å². The number of urea groups is 1. The molecular weight excluding hydrogens is 300 g/mol. The van der Waals surface area contributed by atoms with Crippen molar-refractivity contribution in [2.45, 2.75) is 33.0 Å². The van der Waals surface area contributed by atoms with Crippen molar-refractivity contribution in [2.75, 3.05) is 0 Å². The second-order valence-corrected chi connectivity index (χ2v) is 6.09. The van der Waals surface area contributed by atoms with E-state index in [1.807, 2.05) is 48.8 Å². The molecule has 3 aromatic rings. The number of hydrogen-bond donors (Lipinski definition) is 2. The maximum atomic E-state index is 11.9. The van der Waals surface area contributed by atoms with Crippen molar-refractivity contribution >= 4 is 17.1 Å². The predicted octanol–water partition coefficient (Wildman–Crippen LogP) is 3.62. The lowest BCUT2D eigenvalue weighted by molar-refractivity contribution is 0.240. The van der Waals surface area contributed by atoms with Gasteiger partial charge in [-0.1, -0.05) is 36.4 Å². The first-order chi connectivity index (χ1) is 11.6. The Bertz CT molecular complexity index is 824. The lowest BCUT2D eigenvalue weighted by Crippen LogP contribution is -2.34. The highest BCUT2D eigenvalue weighted by Crippen LogP contribution is 2.18. The molecule has 2 N–H and O–H groups in total. The van der Waals surface area contributed by atoms with Crippen LogP contribution in [-0.4, -0.2) is 15.6 Å². The molecule has 0 bridgehead atoms. The van der Waals surface area contributed by atoms with Gasteiger partial charge in [0.05, 0.1) is 17.4 Å². The second-order valence-electron chi connectivity index (χ2n) is 6.09. The Balaban J connectivity index is 1.56. The smallest absolute Gasteiger partial charge is 0.315 e. The normalized spacial score (nSPS) is 11.0. The number of hydrogen-bond acceptors (Lipinski definition) is 2. The number of aromatic nitrogens is 2. The predicted molar refractivity (Wildman–Crippen MR) is 95.6 cm³/mol. The van der Waals surface area contributed by atoms with Gasteiger partial charge in [-0.15, -0.1) is 0 Å². The molecule has 24 heavy (non-hydrogen) atoms. The van der Waals surface area contributed by atoms with Gasteiger partial charge in [-0.05, 0) is 37.1 Å². The Hall–Kier alpha value is -2.82. The molecular formula is C19H22N4O. The van der Waals surface area contributed by atoms with Crippen LogP contribution < -0.4 is 10.6 Å². The Morgan fingerprint density at radius 2 is 1.75 bits per heavy atom. The van der Waals surface area contributed by atoms with Crippen molar-refractivity contribution in [3.8, 4) is 0 Å². The largest absolute Gasteiger partial charge is 0.334 e. The number of nitrogens with one attached hydrogen (secondary N) is 2. The van der Waals surface area contributed by atoms with Gasteiger partial charge in [0.25, 0.3) is 0 Å². The average molecular weight is 322 g/mol. The summed E-state index contributed by atoms with van der Waals surface area (Å²) in [5.41, 5.74) is 4.18. The maximum absolute atomic E-state index is 11.9. The third-order valence-electron chi connectivity index (χ3n) is 3.94. The molecule has 0 aliphatic rings. The van der Waals surface area contributed by atoms with Crippen LogP contribution in [0.2, 0.25) is 0 Å². The van der Waals surface area contributed by atoms with Crippen LogP contribution in [-0.2, 0) is 13.1 Å². The summed E-state index contributed by atoms with van der Waals surface area (Å²) in [5.74, 6) is 0. The van der Waals surface area contributed by atoms with Gasteiger partial charge in [-0.3, -0.25) is 0 Å². The molecule has 0 aliphatic heterocycles. The van der Waals surface area contributed by atoms with Gasteiger partial charge in [-0.25, -0.2) is 9.78 Å². The Morgan fingerprint density at radius 1 is 1.04 bits per heavy atom. The minimum atomic E-state index is -0.174. The zero-order valence-corrected chi connectivity index (χ0v) is 14.0. The SMILES string of the molecule is CC(C)n1cnc2cc(CNC(=O)NCc3ccccc3)ccc21. The summed E-state index contributed by atoms with van der Waals surface area (Å²) in [6.45, 7) is 5.26. The molecule has 5 heteroatoms. The highest BCUT2D eigenvalue weighted by molar-refractivity contribution is 5.77. The zero-order chi connectivity index (χ0) is 16.9. The van der Waals surface area contributed by atoms with Crippen molar-refractivity contribution in [3.05, 3.63) is 66.0 Å². The molecule has 0 unspecified atom stereocenters. The summed E-state index contributed by atoms with van der Waals surface area (Å²) in [6, 6.07) is 16.2. The van der Waals surface area contributed by atoms with Crippen LogP contribution in [0.1, 0.15) is 31.0 Å². The van der Waals surface area contributed by atoms with Gasteiger partial charge in [0.15, 0.2) is 0 Å². The van der Waals surface area contributed by atoms with Crippen molar-refractivity contribution in [2.24, 2.45) is 0 Å². The molecule has 124 valence electrons. The topological polar surface area (TPSA) is 59.0 Å². The van der Waals surface area contributed by atoms with E-state index >= 15 is 0 Å². The Kier molecular flexibility index (Phi) is 4.79. The summed E-state index contributed by atoms with van der Waals surface area (Å²) in [5, 5.41) is 5.73. The number of benzene rings is 2. The number of imidazole rings is 1. The van der Waals surface area contributed by atoms with E-state index in [-0.39, 0.29) is 6.03 Å². The lowest BCUT2D eigenvalue weighted by atomic mass is 10.2. The molecule has 0 saturated heterocycles. The molecule has 1 aromatic heterocycles. The highest BCUT2D eigenvalue weighted by Gasteiger charge is 2.07. The molecule has 0 fully saturated rings. The number of carbonyl (C=O) groups is 1. The maximum Gasteiger partial charge on any atom is 0.315 e. The summed E-state index contributed by atoms with van der Waals surface area (Å²) in [4.78, 5) is 16.3. The van der Waals surface area contributed by atoms with E-state index in [4.69, 9.17) is 0 Å². The number of fused-ring (bicyclic) bond motifs is 1. The van der Waals surface area contributed by atoms with Gasteiger partial charge < -0.3 is 15.2 Å². The minimum Gasteiger partial charge on any atom is -0.334 e. The van der Waals surface area contributed by atoms with Gasteiger partial charge in [0, 0.05) is 19.1 Å². The molecule has 2 amide bonds. The van der Waals surface area contributed by atoms with Crippen LogP contribution in [0, 0.1) is 0 Å². The Labute approximate surface area is 141 Å². The van der Waals surface area contributed by atoms with Gasteiger partial charge >= 0.3 is 6.03 Å². The molecule has 5 nitrogen and oxygen atoms in total. The standard InChI is InChI=1S/C19H22N4O/c1-14(2)23-13-22-17-10-16(8-9-18(17)23)12-21-19(24)20-11-15-6-4-3-5-7-15/h3-10,13-14H,11-12H2,1-2H3,(H2,20,21,24). The number of carbonyl (C=O) groups excluding carboxylic acids is 1. The quantitative estimate of drug-likeness (QED) is 0.754. The first kappa shape index (κ1) is 16.1. The van der Waals surface area contributed by atoms with Crippen LogP contribution in [0.5, 0.6) is 0 Å². The van der Waals surface area contributed by atoms with Crippen LogP contribution in [0.25, 0.3) is 11.0 Å². The fourth-order valence-electron chi connectivity index (χ4n) is 2.62. The first-order valence-electron chi connectivity index (χ1n) is 8.14. The minimum absolute atomic E-state index is 0.174. The third-order valence-corrected chi connectivity index (χ3v) is 3.94. The molecule has 2 aromatic carbocycles.